The van der Waals surface area contributed by atoms with Crippen LogP contribution in [0.15, 0.2) is 45.6 Å². The summed E-state index contributed by atoms with van der Waals surface area (Å²) in [5.41, 5.74) is 4.32. The molecule has 0 unspecified atom stereocenters. The van der Waals surface area contributed by atoms with Crippen molar-refractivity contribution in [1.82, 2.24) is 20.5 Å². The number of β-amino-alcohol motifs (C(OH)–C–C–N with tert-alkyl or cyclic N) is 1. The summed E-state index contributed by atoms with van der Waals surface area (Å²) in [7, 11) is 0. The summed E-state index contributed by atoms with van der Waals surface area (Å²) in [4.78, 5) is 28.0. The van der Waals surface area contributed by atoms with Crippen LogP contribution in [0.4, 0.5) is 0 Å². The van der Waals surface area contributed by atoms with Gasteiger partial charge in [-0.05, 0) is 30.9 Å². The van der Waals surface area contributed by atoms with E-state index >= 15 is 0 Å². The predicted molar refractivity (Wildman–Crippen MR) is 123 cm³/mol. The van der Waals surface area contributed by atoms with Crippen LogP contribution >= 0.6 is 0 Å². The highest BCUT2D eigenvalue weighted by atomic mass is 16.5. The Kier molecular flexibility index (Phi) is 6.83. The molecule has 2 aromatic heterocycles. The molecule has 34 heavy (non-hydrogen) atoms. The lowest BCUT2D eigenvalue weighted by molar-refractivity contribution is -0.141. The normalized spacial score (nSPS) is 18.9. The molecule has 9 heteroatoms. The van der Waals surface area contributed by atoms with Crippen molar-refractivity contribution in [2.45, 2.75) is 58.7 Å². The molecule has 9 nitrogen and oxygen atoms in total. The third-order valence-electron chi connectivity index (χ3n) is 6.23. The molecule has 1 aliphatic heterocycles. The van der Waals surface area contributed by atoms with Crippen LogP contribution in [0.2, 0.25) is 0 Å². The number of carbonyl (C=O) groups excluding carboxylic acids is 2. The Morgan fingerprint density at radius 2 is 1.94 bits per heavy atom. The van der Waals surface area contributed by atoms with Gasteiger partial charge in [0.1, 0.15) is 24.0 Å². The number of likely N-dealkylation sites (tertiary alicyclic amines) is 1. The quantitative estimate of drug-likeness (QED) is 0.549. The maximum Gasteiger partial charge on any atom is 0.243 e. The van der Waals surface area contributed by atoms with Crippen molar-refractivity contribution in [3.8, 4) is 11.1 Å². The number of rotatable bonds is 7. The average Bonchev–Trinajstić information content (AvgIpc) is 3.52. The van der Waals surface area contributed by atoms with Crippen molar-refractivity contribution in [2.75, 3.05) is 6.54 Å². The third kappa shape index (κ3) is 4.89. The molecule has 0 aliphatic carbocycles. The molecule has 2 N–H and O–H groups in total. The first kappa shape index (κ1) is 23.7. The zero-order chi connectivity index (χ0) is 24.4. The number of aromatic nitrogens is 2. The van der Waals surface area contributed by atoms with E-state index in [1.165, 1.54) is 4.90 Å². The van der Waals surface area contributed by atoms with Gasteiger partial charge in [-0.25, -0.2) is 0 Å². The number of nitrogens with zero attached hydrogens (tertiary/aromatic N) is 3. The van der Waals surface area contributed by atoms with E-state index in [1.807, 2.05) is 45.0 Å². The molecule has 1 aliphatic rings. The van der Waals surface area contributed by atoms with Crippen molar-refractivity contribution in [3.05, 3.63) is 59.3 Å². The number of benzene rings is 1. The Balaban J connectivity index is 1.43. The van der Waals surface area contributed by atoms with E-state index in [0.717, 1.165) is 22.4 Å². The molecule has 0 radical (unpaired) electrons. The molecule has 180 valence electrons. The average molecular weight is 467 g/mol. The second-order valence-electron chi connectivity index (χ2n) is 9.22. The van der Waals surface area contributed by atoms with Gasteiger partial charge < -0.3 is 24.4 Å². The number of amides is 2. The van der Waals surface area contributed by atoms with E-state index in [9.17, 15) is 14.7 Å². The lowest BCUT2D eigenvalue weighted by Crippen LogP contribution is -2.48. The second kappa shape index (κ2) is 9.80. The molecule has 3 atom stereocenters. The Labute approximate surface area is 198 Å². The van der Waals surface area contributed by atoms with Gasteiger partial charge in [-0.3, -0.25) is 9.59 Å². The number of hydrogen-bond donors (Lipinski definition) is 2. The summed E-state index contributed by atoms with van der Waals surface area (Å²) < 4.78 is 10.4. The predicted octanol–water partition coefficient (Wildman–Crippen LogP) is 2.96. The molecule has 0 saturated carbocycles. The van der Waals surface area contributed by atoms with Crippen LogP contribution in [0.3, 0.4) is 0 Å². The number of aliphatic hydroxyl groups excluding tert-OH is 1. The molecule has 1 aromatic carbocycles. The van der Waals surface area contributed by atoms with Crippen LogP contribution in [-0.2, 0) is 16.1 Å². The van der Waals surface area contributed by atoms with Gasteiger partial charge in [-0.2, -0.15) is 0 Å². The lowest BCUT2D eigenvalue weighted by atomic mass is 9.91. The molecular formula is C25H30N4O5. The summed E-state index contributed by atoms with van der Waals surface area (Å²) >= 11 is 0. The fraction of sp³-hybridized carbons (Fsp3) is 0.440. The minimum atomic E-state index is -0.755. The molecule has 0 spiro atoms. The van der Waals surface area contributed by atoms with Gasteiger partial charge in [0.15, 0.2) is 0 Å². The van der Waals surface area contributed by atoms with Crippen molar-refractivity contribution in [1.29, 1.82) is 0 Å². The summed E-state index contributed by atoms with van der Waals surface area (Å²) in [5, 5.41) is 21.0. The summed E-state index contributed by atoms with van der Waals surface area (Å²) in [6.45, 7) is 7.94. The summed E-state index contributed by atoms with van der Waals surface area (Å²) in [6.07, 6.45) is 1.05. The highest BCUT2D eigenvalue weighted by Crippen LogP contribution is 2.31. The maximum absolute atomic E-state index is 13.4. The molecule has 3 heterocycles. The van der Waals surface area contributed by atoms with E-state index < -0.39 is 18.1 Å². The smallest absolute Gasteiger partial charge is 0.243 e. The number of nitrogens with one attached hydrogen (secondary N) is 1. The largest absolute Gasteiger partial charge is 0.391 e. The van der Waals surface area contributed by atoms with Crippen molar-refractivity contribution < 1.29 is 23.7 Å². The number of carbonyl (C=O) groups is 2. The Bertz CT molecular complexity index is 1150. The molecular weight excluding hydrogens is 436 g/mol. The van der Waals surface area contributed by atoms with E-state index in [2.05, 4.69) is 15.6 Å². The zero-order valence-electron chi connectivity index (χ0n) is 19.8. The molecule has 4 rings (SSSR count). The van der Waals surface area contributed by atoms with Crippen LogP contribution in [0.1, 0.15) is 48.9 Å². The first-order valence-corrected chi connectivity index (χ1v) is 11.4. The molecule has 3 aromatic rings. The first-order valence-electron chi connectivity index (χ1n) is 11.4. The van der Waals surface area contributed by atoms with Crippen LogP contribution in [0, 0.1) is 19.8 Å². The Morgan fingerprint density at radius 1 is 1.21 bits per heavy atom. The minimum absolute atomic E-state index is 0.0612. The van der Waals surface area contributed by atoms with Gasteiger partial charge in [-0.15, -0.1) is 0 Å². The van der Waals surface area contributed by atoms with Gasteiger partial charge in [-0.1, -0.05) is 48.4 Å². The van der Waals surface area contributed by atoms with Gasteiger partial charge in [0, 0.05) is 31.1 Å². The van der Waals surface area contributed by atoms with E-state index in [4.69, 9.17) is 9.05 Å². The molecule has 2 amide bonds. The summed E-state index contributed by atoms with van der Waals surface area (Å²) in [5.74, 6) is -0.693. The van der Waals surface area contributed by atoms with Crippen LogP contribution in [0.5, 0.6) is 0 Å². The summed E-state index contributed by atoms with van der Waals surface area (Å²) in [6, 6.07) is 8.75. The van der Waals surface area contributed by atoms with Gasteiger partial charge in [0.2, 0.25) is 11.8 Å². The highest BCUT2D eigenvalue weighted by Gasteiger charge is 2.43. The molecule has 0 bridgehead atoms. The van der Waals surface area contributed by atoms with Gasteiger partial charge in [0.25, 0.3) is 0 Å². The first-order chi connectivity index (χ1) is 16.2. The highest BCUT2D eigenvalue weighted by molar-refractivity contribution is 5.91. The van der Waals surface area contributed by atoms with Crippen molar-refractivity contribution >= 4 is 11.8 Å². The topological polar surface area (TPSA) is 122 Å². The van der Waals surface area contributed by atoms with Gasteiger partial charge >= 0.3 is 0 Å². The van der Waals surface area contributed by atoms with Crippen LogP contribution in [-0.4, -0.2) is 50.8 Å². The van der Waals surface area contributed by atoms with Crippen LogP contribution in [0.25, 0.3) is 11.1 Å². The van der Waals surface area contributed by atoms with Crippen molar-refractivity contribution in [3.63, 3.8) is 0 Å². The fourth-order valence-corrected chi connectivity index (χ4v) is 4.43. The Hall–Kier alpha value is -3.46. The second-order valence-corrected chi connectivity index (χ2v) is 9.22. The lowest BCUT2D eigenvalue weighted by Gasteiger charge is -2.28. The minimum Gasteiger partial charge on any atom is -0.391 e. The standard InChI is InChI=1S/C25H30N4O5/c1-14(2)23(22-9-15(3)27-34-22)25(32)29-12-19(30)10-21(29)24(31)26-11-17-5-7-18(8-6-17)20-13-33-28-16(20)4/h5-9,13-14,19,21,23,30H,10-12H2,1-4H3,(H,26,31)/t19-,21+,23-/m1/s1. The van der Waals surface area contributed by atoms with E-state index in [1.54, 1.807) is 19.3 Å². The van der Waals surface area contributed by atoms with E-state index in [0.29, 0.717) is 18.0 Å². The molecule has 1 fully saturated rings. The SMILES string of the molecule is Cc1cc([C@H](C(=O)N2C[C@H](O)C[C@H]2C(=O)NCc2ccc(-c3conc3C)cc2)C(C)C)on1. The van der Waals surface area contributed by atoms with Crippen molar-refractivity contribution in [2.24, 2.45) is 5.92 Å². The van der Waals surface area contributed by atoms with Gasteiger partial charge in [0.05, 0.1) is 17.5 Å². The third-order valence-corrected chi connectivity index (χ3v) is 6.23. The fourth-order valence-electron chi connectivity index (χ4n) is 4.43. The number of hydrogen-bond acceptors (Lipinski definition) is 7. The number of aryl methyl sites for hydroxylation is 2. The van der Waals surface area contributed by atoms with Crippen LogP contribution < -0.4 is 5.32 Å². The van der Waals surface area contributed by atoms with E-state index in [-0.39, 0.29) is 30.7 Å². The Morgan fingerprint density at radius 3 is 2.53 bits per heavy atom. The zero-order valence-corrected chi connectivity index (χ0v) is 19.8. The number of aliphatic hydroxyl groups is 1. The monoisotopic (exact) mass is 466 g/mol. The maximum atomic E-state index is 13.4. The molecule has 1 saturated heterocycles.